The monoisotopic (exact) mass is 392 g/mol. The van der Waals surface area contributed by atoms with Crippen molar-refractivity contribution in [3.63, 3.8) is 0 Å². The summed E-state index contributed by atoms with van der Waals surface area (Å²) in [6.45, 7) is 4.00. The fourth-order valence-corrected chi connectivity index (χ4v) is 3.89. The van der Waals surface area contributed by atoms with Gasteiger partial charge in [-0.1, -0.05) is 11.6 Å². The number of pyridine rings is 1. The van der Waals surface area contributed by atoms with E-state index >= 15 is 0 Å². The molecule has 0 radical (unpaired) electrons. The first-order chi connectivity index (χ1) is 14.3. The van der Waals surface area contributed by atoms with E-state index in [0.717, 1.165) is 44.4 Å². The molecule has 1 aliphatic carbocycles. The molecule has 3 heterocycles. The van der Waals surface area contributed by atoms with Crippen LogP contribution in [-0.4, -0.2) is 53.6 Å². The maximum absolute atomic E-state index is 12.6. The Morgan fingerprint density at radius 3 is 2.55 bits per heavy atom. The number of amides is 1. The molecule has 2 aliphatic rings. The van der Waals surface area contributed by atoms with E-state index in [2.05, 4.69) is 36.1 Å². The topological polar surface area (TPSA) is 74.2 Å². The van der Waals surface area contributed by atoms with Crippen LogP contribution in [0.25, 0.3) is 0 Å². The van der Waals surface area contributed by atoms with Crippen molar-refractivity contribution in [3.05, 3.63) is 54.0 Å². The van der Waals surface area contributed by atoms with Crippen molar-refractivity contribution >= 4 is 17.7 Å². The molecule has 1 amide bonds. The van der Waals surface area contributed by atoms with E-state index in [4.69, 9.17) is 0 Å². The number of aromatic nitrogens is 3. The van der Waals surface area contributed by atoms with E-state index in [1.807, 2.05) is 12.1 Å². The number of nitrogens with one attached hydrogen (secondary N) is 1. The Morgan fingerprint density at radius 1 is 1.00 bits per heavy atom. The molecule has 2 aromatic heterocycles. The zero-order valence-corrected chi connectivity index (χ0v) is 16.8. The predicted molar refractivity (Wildman–Crippen MR) is 114 cm³/mol. The maximum atomic E-state index is 12.6. The van der Waals surface area contributed by atoms with Gasteiger partial charge in [-0.15, -0.1) is 0 Å². The van der Waals surface area contributed by atoms with E-state index in [9.17, 15) is 4.79 Å². The SMILES string of the molecule is O=C(NCCC1=CCCCC1)c1ccnc(N2CCN(c3ncccn3)CC2)c1. The van der Waals surface area contributed by atoms with Crippen LogP contribution in [-0.2, 0) is 0 Å². The van der Waals surface area contributed by atoms with Gasteiger partial charge >= 0.3 is 0 Å². The summed E-state index contributed by atoms with van der Waals surface area (Å²) in [5.74, 6) is 1.59. The van der Waals surface area contributed by atoms with Gasteiger partial charge in [0.1, 0.15) is 5.82 Å². The van der Waals surface area contributed by atoms with Crippen LogP contribution in [0.2, 0.25) is 0 Å². The van der Waals surface area contributed by atoms with Crippen LogP contribution in [0.4, 0.5) is 11.8 Å². The fourth-order valence-electron chi connectivity index (χ4n) is 3.89. The molecule has 0 atom stereocenters. The minimum absolute atomic E-state index is 0.0265. The Balaban J connectivity index is 1.30. The predicted octanol–water partition coefficient (Wildman–Crippen LogP) is 2.82. The van der Waals surface area contributed by atoms with Crippen molar-refractivity contribution in [3.8, 4) is 0 Å². The van der Waals surface area contributed by atoms with Crippen LogP contribution in [0.15, 0.2) is 48.4 Å². The molecule has 0 bridgehead atoms. The van der Waals surface area contributed by atoms with Gasteiger partial charge in [0.05, 0.1) is 0 Å². The Labute approximate surface area is 171 Å². The smallest absolute Gasteiger partial charge is 0.251 e. The second kappa shape index (κ2) is 9.49. The van der Waals surface area contributed by atoms with Gasteiger partial charge in [-0.05, 0) is 50.3 Å². The number of rotatable bonds is 6. The number of hydrogen-bond donors (Lipinski definition) is 1. The summed E-state index contributed by atoms with van der Waals surface area (Å²) in [5.41, 5.74) is 2.15. The Kier molecular flexibility index (Phi) is 6.34. The van der Waals surface area contributed by atoms with Crippen molar-refractivity contribution in [1.82, 2.24) is 20.3 Å². The molecule has 1 saturated heterocycles. The van der Waals surface area contributed by atoms with E-state index in [-0.39, 0.29) is 5.91 Å². The van der Waals surface area contributed by atoms with Crippen LogP contribution in [0.5, 0.6) is 0 Å². The van der Waals surface area contributed by atoms with Crippen LogP contribution in [0.3, 0.4) is 0 Å². The number of anilines is 2. The van der Waals surface area contributed by atoms with Crippen LogP contribution in [0.1, 0.15) is 42.5 Å². The van der Waals surface area contributed by atoms with Crippen molar-refractivity contribution in [2.45, 2.75) is 32.1 Å². The third-order valence-corrected chi connectivity index (χ3v) is 5.56. The highest BCUT2D eigenvalue weighted by Crippen LogP contribution is 2.20. The average molecular weight is 393 g/mol. The van der Waals surface area contributed by atoms with Crippen LogP contribution >= 0.6 is 0 Å². The number of nitrogens with zero attached hydrogens (tertiary/aromatic N) is 5. The molecule has 1 aliphatic heterocycles. The summed E-state index contributed by atoms with van der Waals surface area (Å²) in [6, 6.07) is 5.50. The standard InChI is InChI=1S/C22H28N6O/c29-21(24-11-7-18-5-2-1-3-6-18)19-8-12-23-20(17-19)27-13-15-28(16-14-27)22-25-9-4-10-26-22/h4-5,8-10,12,17H,1-3,6-7,11,13-16H2,(H,24,29). The summed E-state index contributed by atoms with van der Waals surface area (Å²) in [5, 5.41) is 3.05. The molecule has 2 aromatic rings. The van der Waals surface area contributed by atoms with Crippen molar-refractivity contribution in [1.29, 1.82) is 0 Å². The van der Waals surface area contributed by atoms with Gasteiger partial charge in [-0.25, -0.2) is 15.0 Å². The number of carbonyl (C=O) groups is 1. The van der Waals surface area contributed by atoms with Gasteiger partial charge in [0.2, 0.25) is 5.95 Å². The van der Waals surface area contributed by atoms with E-state index < -0.39 is 0 Å². The lowest BCUT2D eigenvalue weighted by atomic mass is 9.97. The van der Waals surface area contributed by atoms with E-state index in [1.54, 1.807) is 24.7 Å². The van der Waals surface area contributed by atoms with Gasteiger partial charge in [-0.2, -0.15) is 0 Å². The Hall–Kier alpha value is -2.96. The third-order valence-electron chi connectivity index (χ3n) is 5.56. The van der Waals surface area contributed by atoms with Gasteiger partial charge < -0.3 is 15.1 Å². The lowest BCUT2D eigenvalue weighted by Gasteiger charge is -2.35. The minimum Gasteiger partial charge on any atom is -0.353 e. The summed E-state index contributed by atoms with van der Waals surface area (Å²) in [6.07, 6.45) is 13.5. The molecule has 0 spiro atoms. The quantitative estimate of drug-likeness (QED) is 0.762. The van der Waals surface area contributed by atoms with Crippen LogP contribution < -0.4 is 15.1 Å². The average Bonchev–Trinajstić information content (AvgIpc) is 2.80. The molecule has 0 saturated carbocycles. The van der Waals surface area contributed by atoms with E-state index in [1.165, 1.54) is 31.3 Å². The number of hydrogen-bond acceptors (Lipinski definition) is 6. The summed E-state index contributed by atoms with van der Waals surface area (Å²) >= 11 is 0. The highest BCUT2D eigenvalue weighted by atomic mass is 16.1. The first kappa shape index (κ1) is 19.4. The zero-order valence-electron chi connectivity index (χ0n) is 16.8. The van der Waals surface area contributed by atoms with Gasteiger partial charge in [0, 0.05) is 56.9 Å². The zero-order chi connectivity index (χ0) is 19.9. The molecule has 152 valence electrons. The number of carbonyl (C=O) groups excluding carboxylic acids is 1. The maximum Gasteiger partial charge on any atom is 0.251 e. The minimum atomic E-state index is -0.0265. The van der Waals surface area contributed by atoms with Gasteiger partial charge in [0.15, 0.2) is 0 Å². The summed E-state index contributed by atoms with van der Waals surface area (Å²) in [4.78, 5) is 30.1. The lowest BCUT2D eigenvalue weighted by Crippen LogP contribution is -2.47. The van der Waals surface area contributed by atoms with Gasteiger partial charge in [-0.3, -0.25) is 4.79 Å². The summed E-state index contributed by atoms with van der Waals surface area (Å²) in [7, 11) is 0. The first-order valence-corrected chi connectivity index (χ1v) is 10.5. The Morgan fingerprint density at radius 2 is 1.79 bits per heavy atom. The molecule has 1 N–H and O–H groups in total. The normalized spacial score (nSPS) is 17.0. The van der Waals surface area contributed by atoms with Crippen LogP contribution in [0, 0.1) is 0 Å². The second-order valence-corrected chi connectivity index (χ2v) is 7.54. The molecular formula is C22H28N6O. The number of allylic oxidation sites excluding steroid dienone is 1. The highest BCUT2D eigenvalue weighted by molar-refractivity contribution is 5.94. The Bertz CT molecular complexity index is 845. The molecule has 29 heavy (non-hydrogen) atoms. The first-order valence-electron chi connectivity index (χ1n) is 10.5. The fraction of sp³-hybridized carbons (Fsp3) is 0.455. The molecule has 7 nitrogen and oxygen atoms in total. The molecular weight excluding hydrogens is 364 g/mol. The summed E-state index contributed by atoms with van der Waals surface area (Å²) < 4.78 is 0. The molecule has 0 aromatic carbocycles. The molecule has 4 rings (SSSR count). The highest BCUT2D eigenvalue weighted by Gasteiger charge is 2.20. The lowest BCUT2D eigenvalue weighted by molar-refractivity contribution is 0.0954. The second-order valence-electron chi connectivity index (χ2n) is 7.54. The van der Waals surface area contributed by atoms with Gasteiger partial charge in [0.25, 0.3) is 5.91 Å². The van der Waals surface area contributed by atoms with E-state index in [0.29, 0.717) is 12.1 Å². The van der Waals surface area contributed by atoms with Crippen molar-refractivity contribution in [2.75, 3.05) is 42.5 Å². The number of piperazine rings is 1. The van der Waals surface area contributed by atoms with Crippen molar-refractivity contribution < 1.29 is 4.79 Å². The molecule has 0 unspecified atom stereocenters. The van der Waals surface area contributed by atoms with Crippen molar-refractivity contribution in [2.24, 2.45) is 0 Å². The largest absolute Gasteiger partial charge is 0.353 e. The molecule has 1 fully saturated rings. The third kappa shape index (κ3) is 5.10. The molecule has 7 heteroatoms.